The van der Waals surface area contributed by atoms with Gasteiger partial charge in [-0.05, 0) is 6.54 Å². The first kappa shape index (κ1) is 10.5. The molecule has 1 unspecified atom stereocenters. The number of halogens is 2. The molecular weight excluding hydrogens is 221 g/mol. The van der Waals surface area contributed by atoms with Crippen molar-refractivity contribution in [3.8, 4) is 11.5 Å². The summed E-state index contributed by atoms with van der Waals surface area (Å²) in [6.07, 6.45) is 0. The molecule has 1 aliphatic heterocycles. The number of hydrogen-bond acceptors (Lipinski definition) is 3. The number of benzene rings is 1. The Morgan fingerprint density at radius 1 is 1.60 bits per heavy atom. The van der Waals surface area contributed by atoms with E-state index in [2.05, 4.69) is 0 Å². The fourth-order valence-corrected chi connectivity index (χ4v) is 1.77. The van der Waals surface area contributed by atoms with Crippen LogP contribution in [0.1, 0.15) is 18.4 Å². The van der Waals surface area contributed by atoms with Crippen molar-refractivity contribution in [2.45, 2.75) is 12.8 Å². The van der Waals surface area contributed by atoms with E-state index in [1.54, 1.807) is 0 Å². The zero-order valence-electron chi connectivity index (χ0n) is 8.22. The molecule has 82 valence electrons. The van der Waals surface area contributed by atoms with Gasteiger partial charge in [-0.15, -0.1) is 0 Å². The second-order valence-electron chi connectivity index (χ2n) is 3.46. The van der Waals surface area contributed by atoms with Gasteiger partial charge >= 0.3 is 0 Å². The van der Waals surface area contributed by atoms with Crippen LogP contribution in [0.3, 0.4) is 0 Å². The zero-order valence-corrected chi connectivity index (χ0v) is 8.97. The molecule has 2 N–H and O–H groups in total. The van der Waals surface area contributed by atoms with Crippen LogP contribution in [0.4, 0.5) is 4.39 Å². The Kier molecular flexibility index (Phi) is 2.71. The SMILES string of the molecule is CC(CN)c1c(F)c(Cl)cc2c1OCO2. The molecule has 0 aliphatic carbocycles. The van der Waals surface area contributed by atoms with Crippen LogP contribution >= 0.6 is 11.6 Å². The Bertz CT molecular complexity index is 397. The van der Waals surface area contributed by atoms with E-state index in [1.165, 1.54) is 6.07 Å². The number of rotatable bonds is 2. The molecule has 1 aromatic rings. The van der Waals surface area contributed by atoms with Gasteiger partial charge in [0.15, 0.2) is 11.5 Å². The van der Waals surface area contributed by atoms with Crippen molar-refractivity contribution in [3.05, 3.63) is 22.5 Å². The van der Waals surface area contributed by atoms with Gasteiger partial charge < -0.3 is 15.2 Å². The van der Waals surface area contributed by atoms with Crippen molar-refractivity contribution in [3.63, 3.8) is 0 Å². The quantitative estimate of drug-likeness (QED) is 0.849. The summed E-state index contributed by atoms with van der Waals surface area (Å²) in [5.74, 6) is 0.282. The van der Waals surface area contributed by atoms with Crippen LogP contribution in [0.5, 0.6) is 11.5 Å². The predicted molar refractivity (Wildman–Crippen MR) is 55.0 cm³/mol. The first-order chi connectivity index (χ1) is 7.15. The number of ether oxygens (including phenoxy) is 2. The summed E-state index contributed by atoms with van der Waals surface area (Å²) >= 11 is 5.75. The van der Waals surface area contributed by atoms with Crippen molar-refractivity contribution < 1.29 is 13.9 Å². The lowest BCUT2D eigenvalue weighted by molar-refractivity contribution is 0.173. The minimum Gasteiger partial charge on any atom is -0.454 e. The Morgan fingerprint density at radius 3 is 3.00 bits per heavy atom. The van der Waals surface area contributed by atoms with E-state index < -0.39 is 5.82 Å². The number of nitrogens with two attached hydrogens (primary N) is 1. The molecule has 1 aromatic carbocycles. The van der Waals surface area contributed by atoms with Crippen LogP contribution in [-0.4, -0.2) is 13.3 Å². The first-order valence-corrected chi connectivity index (χ1v) is 5.00. The van der Waals surface area contributed by atoms with Gasteiger partial charge in [-0.2, -0.15) is 0 Å². The molecule has 0 saturated heterocycles. The molecule has 0 amide bonds. The molecule has 0 fully saturated rings. The molecule has 1 heterocycles. The summed E-state index contributed by atoms with van der Waals surface area (Å²) in [5.41, 5.74) is 5.91. The number of hydrogen-bond donors (Lipinski definition) is 1. The van der Waals surface area contributed by atoms with Crippen molar-refractivity contribution in [1.82, 2.24) is 0 Å². The van der Waals surface area contributed by atoms with Crippen molar-refractivity contribution in [2.24, 2.45) is 5.73 Å². The lowest BCUT2D eigenvalue weighted by atomic mass is 9.99. The summed E-state index contributed by atoms with van der Waals surface area (Å²) in [6, 6.07) is 1.42. The Hall–Kier alpha value is -1.00. The molecule has 3 nitrogen and oxygen atoms in total. The molecule has 0 spiro atoms. The van der Waals surface area contributed by atoms with Gasteiger partial charge in [0.1, 0.15) is 5.82 Å². The van der Waals surface area contributed by atoms with Crippen LogP contribution in [0, 0.1) is 5.82 Å². The monoisotopic (exact) mass is 231 g/mol. The number of fused-ring (bicyclic) bond motifs is 1. The fourth-order valence-electron chi connectivity index (χ4n) is 1.57. The zero-order chi connectivity index (χ0) is 11.0. The van der Waals surface area contributed by atoms with Crippen LogP contribution < -0.4 is 15.2 Å². The molecule has 0 bridgehead atoms. The van der Waals surface area contributed by atoms with E-state index in [0.717, 1.165) is 0 Å². The highest BCUT2D eigenvalue weighted by Gasteiger charge is 2.26. The van der Waals surface area contributed by atoms with E-state index in [-0.39, 0.29) is 17.7 Å². The van der Waals surface area contributed by atoms with E-state index in [9.17, 15) is 4.39 Å². The van der Waals surface area contributed by atoms with Gasteiger partial charge in [0.05, 0.1) is 5.02 Å². The molecule has 1 aliphatic rings. The Labute approximate surface area is 91.9 Å². The van der Waals surface area contributed by atoms with E-state index in [0.29, 0.717) is 23.6 Å². The lowest BCUT2D eigenvalue weighted by Gasteiger charge is -2.13. The summed E-state index contributed by atoms with van der Waals surface area (Å²) in [5, 5.41) is 0.0366. The molecular formula is C10H11ClFNO2. The van der Waals surface area contributed by atoms with Crippen molar-refractivity contribution in [2.75, 3.05) is 13.3 Å². The van der Waals surface area contributed by atoms with E-state index in [1.807, 2.05) is 6.92 Å². The molecule has 0 saturated carbocycles. The second-order valence-corrected chi connectivity index (χ2v) is 3.86. The maximum Gasteiger partial charge on any atom is 0.231 e. The Morgan fingerprint density at radius 2 is 2.33 bits per heavy atom. The van der Waals surface area contributed by atoms with E-state index >= 15 is 0 Å². The largest absolute Gasteiger partial charge is 0.454 e. The third-order valence-electron chi connectivity index (χ3n) is 2.44. The standard InChI is InChI=1S/C10H11ClFNO2/c1-5(3-13)8-9(12)6(11)2-7-10(8)15-4-14-7/h2,5H,3-4,13H2,1H3. The molecule has 0 radical (unpaired) electrons. The van der Waals surface area contributed by atoms with Crippen molar-refractivity contribution >= 4 is 11.6 Å². The molecule has 2 rings (SSSR count). The summed E-state index contributed by atoms with van der Waals surface area (Å²) in [7, 11) is 0. The van der Waals surface area contributed by atoms with Crippen LogP contribution in [0.15, 0.2) is 6.07 Å². The minimum atomic E-state index is -0.473. The third kappa shape index (κ3) is 1.64. The molecule has 1 atom stereocenters. The fraction of sp³-hybridized carbons (Fsp3) is 0.400. The highest BCUT2D eigenvalue weighted by Crippen LogP contribution is 2.43. The molecule has 15 heavy (non-hydrogen) atoms. The second kappa shape index (κ2) is 3.87. The molecule has 0 aromatic heterocycles. The average Bonchev–Trinajstić information content (AvgIpc) is 2.66. The lowest BCUT2D eigenvalue weighted by Crippen LogP contribution is -2.11. The molecule has 5 heteroatoms. The predicted octanol–water partition coefficient (Wildman–Crippen LogP) is 2.27. The maximum atomic E-state index is 13.8. The van der Waals surface area contributed by atoms with Gasteiger partial charge in [0.2, 0.25) is 6.79 Å². The van der Waals surface area contributed by atoms with Crippen LogP contribution in [0.25, 0.3) is 0 Å². The van der Waals surface area contributed by atoms with Gasteiger partial charge in [-0.25, -0.2) is 4.39 Å². The third-order valence-corrected chi connectivity index (χ3v) is 2.71. The van der Waals surface area contributed by atoms with Gasteiger partial charge in [-0.1, -0.05) is 18.5 Å². The summed E-state index contributed by atoms with van der Waals surface area (Å²) < 4.78 is 24.1. The summed E-state index contributed by atoms with van der Waals surface area (Å²) in [6.45, 7) is 2.24. The van der Waals surface area contributed by atoms with Crippen molar-refractivity contribution in [1.29, 1.82) is 0 Å². The van der Waals surface area contributed by atoms with Crippen LogP contribution in [0.2, 0.25) is 5.02 Å². The highest BCUT2D eigenvalue weighted by atomic mass is 35.5. The van der Waals surface area contributed by atoms with E-state index in [4.69, 9.17) is 26.8 Å². The van der Waals surface area contributed by atoms with Crippen LogP contribution in [-0.2, 0) is 0 Å². The average molecular weight is 232 g/mol. The summed E-state index contributed by atoms with van der Waals surface area (Å²) in [4.78, 5) is 0. The highest BCUT2D eigenvalue weighted by molar-refractivity contribution is 6.31. The first-order valence-electron chi connectivity index (χ1n) is 4.62. The topological polar surface area (TPSA) is 44.5 Å². The maximum absolute atomic E-state index is 13.8. The van der Waals surface area contributed by atoms with Gasteiger partial charge in [-0.3, -0.25) is 0 Å². The minimum absolute atomic E-state index is 0.0366. The smallest absolute Gasteiger partial charge is 0.231 e. The van der Waals surface area contributed by atoms with Gasteiger partial charge in [0.25, 0.3) is 0 Å². The normalized spacial score (nSPS) is 15.5. The Balaban J connectivity index is 2.60. The van der Waals surface area contributed by atoms with Gasteiger partial charge in [0, 0.05) is 17.5 Å².